The summed E-state index contributed by atoms with van der Waals surface area (Å²) < 4.78 is 0. The number of nitrogens with zero attached hydrogens (tertiary/aromatic N) is 6. The van der Waals surface area contributed by atoms with Gasteiger partial charge in [-0.3, -0.25) is 10.4 Å². The predicted molar refractivity (Wildman–Crippen MR) is 132 cm³/mol. The van der Waals surface area contributed by atoms with Gasteiger partial charge in [0.15, 0.2) is 5.82 Å². The minimum atomic E-state index is -0.558. The van der Waals surface area contributed by atoms with Crippen LogP contribution in [0.15, 0.2) is 51.4 Å². The summed E-state index contributed by atoms with van der Waals surface area (Å²) in [5.41, 5.74) is 3.75. The fourth-order valence-corrected chi connectivity index (χ4v) is 4.20. The van der Waals surface area contributed by atoms with Crippen molar-refractivity contribution in [3.63, 3.8) is 0 Å². The Kier molecular flexibility index (Phi) is 6.16. The molecule has 10 nitrogen and oxygen atoms in total. The van der Waals surface area contributed by atoms with Crippen molar-refractivity contribution in [1.29, 1.82) is 5.41 Å². The minimum Gasteiger partial charge on any atom is -0.340 e. The van der Waals surface area contributed by atoms with Crippen molar-refractivity contribution in [2.24, 2.45) is 15.0 Å². The Labute approximate surface area is 193 Å². The van der Waals surface area contributed by atoms with E-state index in [0.29, 0.717) is 18.2 Å². The van der Waals surface area contributed by atoms with Gasteiger partial charge in [-0.25, -0.2) is 15.0 Å². The first-order chi connectivity index (χ1) is 16.1. The van der Waals surface area contributed by atoms with Gasteiger partial charge in [0.05, 0.1) is 5.69 Å². The molecule has 2 fully saturated rings. The molecule has 172 valence electrons. The fourth-order valence-electron chi connectivity index (χ4n) is 4.20. The molecule has 1 aromatic heterocycles. The Morgan fingerprint density at radius 2 is 1.91 bits per heavy atom. The SMILES string of the molecule is CN1CCN(C2=NC(N=C3CCCC(=N)C3)N=C(Nc3cc(-c4ccccc4)[nH]n3)N2)CC1. The van der Waals surface area contributed by atoms with E-state index >= 15 is 0 Å². The fraction of sp³-hybridized carbons (Fsp3) is 0.435. The van der Waals surface area contributed by atoms with E-state index in [4.69, 9.17) is 20.4 Å². The van der Waals surface area contributed by atoms with Crippen LogP contribution in [0.3, 0.4) is 0 Å². The standard InChI is InChI=1S/C23H30N10/c1-32-10-12-33(13-11-32)23-28-21(25-18-9-5-8-17(24)14-18)27-22(29-23)26-20-15-19(30-31-20)16-6-3-2-4-7-16/h2-4,6-7,15,21,24H,5,8-14H2,1H3,(H3,26,27,28,29,30,31). The van der Waals surface area contributed by atoms with Gasteiger partial charge in [-0.05, 0) is 31.9 Å². The van der Waals surface area contributed by atoms with Crippen LogP contribution in [0.1, 0.15) is 25.7 Å². The van der Waals surface area contributed by atoms with Crippen molar-refractivity contribution in [3.8, 4) is 11.3 Å². The molecule has 1 aliphatic carbocycles. The second-order valence-electron chi connectivity index (χ2n) is 8.68. The zero-order valence-electron chi connectivity index (χ0n) is 18.9. The molecule has 1 unspecified atom stereocenters. The lowest BCUT2D eigenvalue weighted by molar-refractivity contribution is 0.212. The number of hydrogen-bond donors (Lipinski definition) is 4. The minimum absolute atomic E-state index is 0.558. The average molecular weight is 447 g/mol. The first-order valence-electron chi connectivity index (χ1n) is 11.5. The smallest absolute Gasteiger partial charge is 0.240 e. The van der Waals surface area contributed by atoms with Crippen LogP contribution >= 0.6 is 0 Å². The zero-order valence-corrected chi connectivity index (χ0v) is 18.9. The average Bonchev–Trinajstić information content (AvgIpc) is 3.28. The maximum Gasteiger partial charge on any atom is 0.240 e. The van der Waals surface area contributed by atoms with E-state index in [0.717, 1.165) is 74.1 Å². The van der Waals surface area contributed by atoms with E-state index in [2.05, 4.69) is 37.7 Å². The van der Waals surface area contributed by atoms with Gasteiger partial charge in [0, 0.05) is 50.1 Å². The van der Waals surface area contributed by atoms with Gasteiger partial charge in [-0.1, -0.05) is 30.3 Å². The second-order valence-corrected chi connectivity index (χ2v) is 8.68. The third-order valence-corrected chi connectivity index (χ3v) is 6.08. The lowest BCUT2D eigenvalue weighted by Gasteiger charge is -2.36. The topological polar surface area (TPSA) is 120 Å². The van der Waals surface area contributed by atoms with Crippen molar-refractivity contribution < 1.29 is 0 Å². The molecule has 10 heteroatoms. The Balaban J connectivity index is 1.36. The number of hydrogen-bond acceptors (Lipinski definition) is 9. The molecule has 1 saturated carbocycles. The first-order valence-corrected chi connectivity index (χ1v) is 11.5. The number of aliphatic imine (C=N–C) groups is 3. The van der Waals surface area contributed by atoms with Crippen LogP contribution in [0, 0.1) is 5.41 Å². The van der Waals surface area contributed by atoms with Crippen LogP contribution < -0.4 is 10.6 Å². The number of benzene rings is 1. The number of nitrogens with one attached hydrogen (secondary N) is 4. The van der Waals surface area contributed by atoms with E-state index < -0.39 is 6.29 Å². The highest BCUT2D eigenvalue weighted by molar-refractivity contribution is 6.07. The monoisotopic (exact) mass is 446 g/mol. The van der Waals surface area contributed by atoms with Crippen LogP contribution in [0.2, 0.25) is 0 Å². The molecule has 3 aliphatic rings. The van der Waals surface area contributed by atoms with E-state index in [1.807, 2.05) is 36.4 Å². The van der Waals surface area contributed by atoms with Crippen molar-refractivity contribution in [2.75, 3.05) is 38.5 Å². The summed E-state index contributed by atoms with van der Waals surface area (Å²) in [6.45, 7) is 3.75. The van der Waals surface area contributed by atoms with E-state index in [9.17, 15) is 0 Å². The number of likely N-dealkylation sites (N-methyl/N-ethyl adjacent to an activating group) is 1. The summed E-state index contributed by atoms with van der Waals surface area (Å²) in [7, 11) is 2.14. The summed E-state index contributed by atoms with van der Waals surface area (Å²) in [5.74, 6) is 2.02. The molecule has 2 aliphatic heterocycles. The molecular formula is C23H30N10. The first kappa shape index (κ1) is 21.3. The van der Waals surface area contributed by atoms with Gasteiger partial charge < -0.3 is 20.5 Å². The van der Waals surface area contributed by atoms with E-state index in [1.165, 1.54) is 0 Å². The van der Waals surface area contributed by atoms with Crippen LogP contribution in [-0.4, -0.2) is 82.9 Å². The number of guanidine groups is 2. The number of anilines is 1. The molecule has 4 N–H and O–H groups in total. The number of rotatable bonds is 3. The second kappa shape index (κ2) is 9.53. The van der Waals surface area contributed by atoms with E-state index in [1.54, 1.807) is 0 Å². The van der Waals surface area contributed by atoms with Gasteiger partial charge in [-0.15, -0.1) is 0 Å². The molecule has 1 atom stereocenters. The number of piperazine rings is 1. The highest BCUT2D eigenvalue weighted by atomic mass is 15.4. The molecule has 3 heterocycles. The van der Waals surface area contributed by atoms with Crippen molar-refractivity contribution in [1.82, 2.24) is 25.3 Å². The van der Waals surface area contributed by atoms with Crippen molar-refractivity contribution >= 4 is 29.2 Å². The zero-order chi connectivity index (χ0) is 22.6. The van der Waals surface area contributed by atoms with Crippen molar-refractivity contribution in [3.05, 3.63) is 36.4 Å². The summed E-state index contributed by atoms with van der Waals surface area (Å²) in [6.07, 6.45) is 2.81. The number of aromatic nitrogens is 2. The van der Waals surface area contributed by atoms with Crippen LogP contribution in [0.25, 0.3) is 11.3 Å². The molecule has 33 heavy (non-hydrogen) atoms. The molecule has 1 aromatic carbocycles. The highest BCUT2D eigenvalue weighted by Crippen LogP contribution is 2.20. The quantitative estimate of drug-likeness (QED) is 0.577. The van der Waals surface area contributed by atoms with Crippen LogP contribution in [-0.2, 0) is 0 Å². The summed E-state index contributed by atoms with van der Waals surface area (Å²) in [4.78, 5) is 18.9. The highest BCUT2D eigenvalue weighted by Gasteiger charge is 2.25. The van der Waals surface area contributed by atoms with Gasteiger partial charge in [0.25, 0.3) is 0 Å². The summed E-state index contributed by atoms with van der Waals surface area (Å²) in [6, 6.07) is 12.0. The normalized spacial score (nSPS) is 23.2. The van der Waals surface area contributed by atoms with Crippen LogP contribution in [0.5, 0.6) is 0 Å². The third kappa shape index (κ3) is 5.28. The Morgan fingerprint density at radius 1 is 1.09 bits per heavy atom. The maximum absolute atomic E-state index is 8.01. The molecule has 2 aromatic rings. The van der Waals surface area contributed by atoms with Crippen molar-refractivity contribution in [2.45, 2.75) is 32.0 Å². The Morgan fingerprint density at radius 3 is 2.70 bits per heavy atom. The summed E-state index contributed by atoms with van der Waals surface area (Å²) in [5, 5.41) is 22.1. The molecule has 1 saturated heterocycles. The largest absolute Gasteiger partial charge is 0.340 e. The molecular weight excluding hydrogens is 416 g/mol. The Bertz CT molecular complexity index is 1080. The molecule has 0 bridgehead atoms. The van der Waals surface area contributed by atoms with Gasteiger partial charge in [0.2, 0.25) is 18.2 Å². The maximum atomic E-state index is 8.01. The lowest BCUT2D eigenvalue weighted by atomic mass is 9.96. The number of aromatic amines is 1. The third-order valence-electron chi connectivity index (χ3n) is 6.08. The van der Waals surface area contributed by atoms with E-state index in [-0.39, 0.29) is 0 Å². The molecule has 0 spiro atoms. The van der Waals surface area contributed by atoms with Crippen LogP contribution in [0.4, 0.5) is 5.82 Å². The molecule has 5 rings (SSSR count). The molecule has 0 radical (unpaired) electrons. The Hall–Kier alpha value is -3.53. The van der Waals surface area contributed by atoms with Gasteiger partial charge in [0.1, 0.15) is 0 Å². The van der Waals surface area contributed by atoms with Gasteiger partial charge >= 0.3 is 0 Å². The number of H-pyrrole nitrogens is 1. The lowest BCUT2D eigenvalue weighted by Crippen LogP contribution is -2.55. The molecule has 0 amide bonds. The summed E-state index contributed by atoms with van der Waals surface area (Å²) >= 11 is 0. The predicted octanol–water partition coefficient (Wildman–Crippen LogP) is 2.37. The van der Waals surface area contributed by atoms with Gasteiger partial charge in [-0.2, -0.15) is 5.10 Å².